The SMILES string of the molecule is Cc1c(-c2nc3c(-c4ccc5c(c4)CCC[C@@H]5NC(=O)N4CC(OC(C)(C)C)C4)ccnc3[nH]2)cnn1C(C)C. The number of amides is 2. The Labute approximate surface area is 235 Å². The van der Waals surface area contributed by atoms with Gasteiger partial charge in [0.15, 0.2) is 5.65 Å². The molecule has 2 amide bonds. The van der Waals surface area contributed by atoms with Gasteiger partial charge in [0.2, 0.25) is 0 Å². The third-order valence-corrected chi connectivity index (χ3v) is 7.90. The van der Waals surface area contributed by atoms with Crippen LogP contribution < -0.4 is 5.32 Å². The fraction of sp³-hybridized carbons (Fsp3) is 0.484. The number of nitrogens with one attached hydrogen (secondary N) is 2. The van der Waals surface area contributed by atoms with E-state index in [1.54, 1.807) is 0 Å². The minimum Gasteiger partial charge on any atom is -0.369 e. The van der Waals surface area contributed by atoms with Crippen molar-refractivity contribution in [3.63, 3.8) is 0 Å². The quantitative estimate of drug-likeness (QED) is 0.324. The van der Waals surface area contributed by atoms with E-state index >= 15 is 0 Å². The van der Waals surface area contributed by atoms with E-state index in [0.717, 1.165) is 58.6 Å². The molecule has 9 nitrogen and oxygen atoms in total. The van der Waals surface area contributed by atoms with Crippen LogP contribution in [-0.2, 0) is 11.2 Å². The molecule has 1 atom stereocenters. The van der Waals surface area contributed by atoms with Gasteiger partial charge in [0.05, 0.1) is 42.6 Å². The maximum absolute atomic E-state index is 13.0. The average molecular weight is 542 g/mol. The van der Waals surface area contributed by atoms with E-state index in [-0.39, 0.29) is 29.8 Å². The van der Waals surface area contributed by atoms with E-state index < -0.39 is 0 Å². The third kappa shape index (κ3) is 4.98. The Balaban J connectivity index is 1.22. The Morgan fingerprint density at radius 2 is 1.98 bits per heavy atom. The van der Waals surface area contributed by atoms with Crippen LogP contribution in [0.25, 0.3) is 33.7 Å². The number of pyridine rings is 1. The predicted molar refractivity (Wildman–Crippen MR) is 156 cm³/mol. The predicted octanol–water partition coefficient (Wildman–Crippen LogP) is 5.96. The number of aryl methyl sites for hydroxylation is 1. The van der Waals surface area contributed by atoms with Crippen LogP contribution in [-0.4, -0.2) is 60.5 Å². The maximum atomic E-state index is 13.0. The highest BCUT2D eigenvalue weighted by molar-refractivity contribution is 5.91. The number of imidazole rings is 1. The number of aromatic amines is 1. The number of nitrogens with zero attached hydrogens (tertiary/aromatic N) is 5. The summed E-state index contributed by atoms with van der Waals surface area (Å²) in [6.45, 7) is 13.8. The van der Waals surface area contributed by atoms with E-state index in [1.165, 1.54) is 11.1 Å². The molecule has 0 radical (unpaired) electrons. The summed E-state index contributed by atoms with van der Waals surface area (Å²) < 4.78 is 8.00. The highest BCUT2D eigenvalue weighted by Gasteiger charge is 2.35. The van der Waals surface area contributed by atoms with Gasteiger partial charge in [-0.3, -0.25) is 4.68 Å². The van der Waals surface area contributed by atoms with Gasteiger partial charge < -0.3 is 19.9 Å². The number of hydrogen-bond donors (Lipinski definition) is 2. The number of likely N-dealkylation sites (tertiary alicyclic amines) is 1. The zero-order chi connectivity index (χ0) is 28.2. The third-order valence-electron chi connectivity index (χ3n) is 7.90. The number of benzene rings is 1. The molecule has 0 spiro atoms. The van der Waals surface area contributed by atoms with E-state index in [1.807, 2.05) is 48.8 Å². The minimum atomic E-state index is -0.193. The van der Waals surface area contributed by atoms with Crippen LogP contribution in [0.15, 0.2) is 36.7 Å². The second-order valence-electron chi connectivity index (χ2n) is 12.4. The molecule has 1 aliphatic heterocycles. The second kappa shape index (κ2) is 10.0. The van der Waals surface area contributed by atoms with Gasteiger partial charge in [-0.2, -0.15) is 5.10 Å². The number of carbonyl (C=O) groups is 1. The standard InChI is InChI=1S/C31H39N7O2/c1-18(2)38-19(3)25(15-33-38)28-35-27-24(12-13-32-29(27)36-28)21-10-11-23-20(14-21)8-7-9-26(23)34-30(39)37-16-22(17-37)40-31(4,5)6/h10-15,18,22,26H,7-9,16-17H2,1-6H3,(H,34,39)(H,32,35,36)/t26-/m0/s1. The normalized spacial score (nSPS) is 17.8. The number of carbonyl (C=O) groups excluding carboxylic acids is 1. The number of aromatic nitrogens is 5. The largest absolute Gasteiger partial charge is 0.369 e. The summed E-state index contributed by atoms with van der Waals surface area (Å²) in [6.07, 6.45) is 6.79. The van der Waals surface area contributed by atoms with Gasteiger partial charge in [-0.05, 0) is 83.6 Å². The monoisotopic (exact) mass is 541 g/mol. The minimum absolute atomic E-state index is 0.00772. The smallest absolute Gasteiger partial charge is 0.318 e. The highest BCUT2D eigenvalue weighted by atomic mass is 16.5. The van der Waals surface area contributed by atoms with Gasteiger partial charge in [0, 0.05) is 23.5 Å². The molecule has 40 heavy (non-hydrogen) atoms. The number of H-pyrrole nitrogens is 1. The van der Waals surface area contributed by atoms with Gasteiger partial charge in [-0.1, -0.05) is 18.2 Å². The van der Waals surface area contributed by atoms with Crippen LogP contribution in [0.2, 0.25) is 0 Å². The summed E-state index contributed by atoms with van der Waals surface area (Å²) in [5.41, 5.74) is 8.11. The molecule has 3 aromatic heterocycles. The summed E-state index contributed by atoms with van der Waals surface area (Å²) in [5.74, 6) is 0.779. The van der Waals surface area contributed by atoms with Crippen molar-refractivity contribution in [2.75, 3.05) is 13.1 Å². The summed E-state index contributed by atoms with van der Waals surface area (Å²) in [4.78, 5) is 27.8. The van der Waals surface area contributed by atoms with E-state index in [0.29, 0.717) is 13.1 Å². The molecule has 9 heteroatoms. The molecule has 4 heterocycles. The van der Waals surface area contributed by atoms with Gasteiger partial charge in [0.1, 0.15) is 11.3 Å². The first-order chi connectivity index (χ1) is 19.1. The number of urea groups is 1. The zero-order valence-corrected chi connectivity index (χ0v) is 24.3. The van der Waals surface area contributed by atoms with Crippen LogP contribution in [0.5, 0.6) is 0 Å². The van der Waals surface area contributed by atoms with Crippen LogP contribution in [0, 0.1) is 6.92 Å². The molecule has 210 valence electrons. The van der Waals surface area contributed by atoms with Crippen LogP contribution >= 0.6 is 0 Å². The highest BCUT2D eigenvalue weighted by Crippen LogP contribution is 2.36. The lowest BCUT2D eigenvalue weighted by atomic mass is 9.85. The Kier molecular flexibility index (Phi) is 6.65. The van der Waals surface area contributed by atoms with Gasteiger partial charge in [-0.15, -0.1) is 0 Å². The van der Waals surface area contributed by atoms with Crippen molar-refractivity contribution in [3.05, 3.63) is 53.5 Å². The molecule has 1 saturated heterocycles. The molecule has 1 fully saturated rings. The van der Waals surface area contributed by atoms with Crippen molar-refractivity contribution < 1.29 is 9.53 Å². The first-order valence-corrected chi connectivity index (χ1v) is 14.3. The topological polar surface area (TPSA) is 101 Å². The number of fused-ring (bicyclic) bond motifs is 2. The van der Waals surface area contributed by atoms with Crippen molar-refractivity contribution in [1.29, 1.82) is 0 Å². The molecule has 0 unspecified atom stereocenters. The first-order valence-electron chi connectivity index (χ1n) is 14.3. The molecule has 4 aromatic rings. The lowest BCUT2D eigenvalue weighted by molar-refractivity contribution is -0.111. The van der Waals surface area contributed by atoms with Crippen molar-refractivity contribution >= 4 is 17.2 Å². The maximum Gasteiger partial charge on any atom is 0.318 e. The van der Waals surface area contributed by atoms with E-state index in [2.05, 4.69) is 59.4 Å². The molecule has 0 saturated carbocycles. The zero-order valence-electron chi connectivity index (χ0n) is 24.3. The molecule has 6 rings (SSSR count). The molecular weight excluding hydrogens is 502 g/mol. The molecule has 1 aliphatic carbocycles. The van der Waals surface area contributed by atoms with Crippen LogP contribution in [0.4, 0.5) is 4.79 Å². The number of rotatable bonds is 5. The van der Waals surface area contributed by atoms with Crippen molar-refractivity contribution in [2.24, 2.45) is 0 Å². The summed E-state index contributed by atoms with van der Waals surface area (Å²) in [5, 5.41) is 7.83. The molecule has 1 aromatic carbocycles. The molecule has 2 N–H and O–H groups in total. The molecule has 0 bridgehead atoms. The average Bonchev–Trinajstić information content (AvgIpc) is 3.48. The summed E-state index contributed by atoms with van der Waals surface area (Å²) in [7, 11) is 0. The number of hydrogen-bond acceptors (Lipinski definition) is 5. The summed E-state index contributed by atoms with van der Waals surface area (Å²) in [6, 6.07) is 8.89. The Morgan fingerprint density at radius 3 is 2.70 bits per heavy atom. The lowest BCUT2D eigenvalue weighted by Crippen LogP contribution is -2.59. The van der Waals surface area contributed by atoms with Gasteiger partial charge >= 0.3 is 6.03 Å². The molecular formula is C31H39N7O2. The second-order valence-corrected chi connectivity index (χ2v) is 12.4. The lowest BCUT2D eigenvalue weighted by Gasteiger charge is -2.42. The number of ether oxygens (including phenoxy) is 1. The van der Waals surface area contributed by atoms with E-state index in [9.17, 15) is 4.79 Å². The van der Waals surface area contributed by atoms with Crippen molar-refractivity contribution in [3.8, 4) is 22.5 Å². The fourth-order valence-corrected chi connectivity index (χ4v) is 6.00. The Bertz CT molecular complexity index is 1560. The fourth-order valence-electron chi connectivity index (χ4n) is 6.00. The van der Waals surface area contributed by atoms with Gasteiger partial charge in [-0.25, -0.2) is 14.8 Å². The van der Waals surface area contributed by atoms with E-state index in [4.69, 9.17) is 9.72 Å². The first kappa shape index (κ1) is 26.5. The molecule has 2 aliphatic rings. The Hall–Kier alpha value is -3.72. The van der Waals surface area contributed by atoms with Crippen LogP contribution in [0.3, 0.4) is 0 Å². The van der Waals surface area contributed by atoms with Crippen molar-refractivity contribution in [1.82, 2.24) is 34.9 Å². The Morgan fingerprint density at radius 1 is 1.18 bits per heavy atom. The van der Waals surface area contributed by atoms with Gasteiger partial charge in [0.25, 0.3) is 0 Å². The summed E-state index contributed by atoms with van der Waals surface area (Å²) >= 11 is 0. The van der Waals surface area contributed by atoms with Crippen molar-refractivity contribution in [2.45, 2.75) is 84.6 Å². The van der Waals surface area contributed by atoms with Crippen LogP contribution in [0.1, 0.15) is 76.4 Å².